The van der Waals surface area contributed by atoms with Gasteiger partial charge in [-0.3, -0.25) is 14.3 Å². The van der Waals surface area contributed by atoms with Gasteiger partial charge in [-0.15, -0.1) is 0 Å². The second kappa shape index (κ2) is 6.94. The fraction of sp³-hybridized carbons (Fsp3) is 0.450. The molecule has 1 aromatic carbocycles. The molecule has 26 heavy (non-hydrogen) atoms. The molecule has 0 spiro atoms. The van der Waals surface area contributed by atoms with Gasteiger partial charge in [0.25, 0.3) is 5.56 Å². The first-order valence-electron chi connectivity index (χ1n) is 9.46. The maximum atomic E-state index is 12.6. The van der Waals surface area contributed by atoms with Crippen LogP contribution in [-0.4, -0.2) is 19.1 Å². The Morgan fingerprint density at radius 2 is 1.85 bits per heavy atom. The maximum Gasteiger partial charge on any atom is 0.330 e. The van der Waals surface area contributed by atoms with Crippen molar-refractivity contribution < 1.29 is 0 Å². The number of hydrogen-bond acceptors (Lipinski definition) is 3. The number of imidazole rings is 1. The molecule has 0 saturated heterocycles. The van der Waals surface area contributed by atoms with Crippen LogP contribution in [0, 0.1) is 0 Å². The lowest BCUT2D eigenvalue weighted by Gasteiger charge is -2.15. The van der Waals surface area contributed by atoms with Gasteiger partial charge >= 0.3 is 5.69 Å². The second-order valence-corrected chi connectivity index (χ2v) is 7.11. The number of aryl methyl sites for hydroxylation is 1. The third-order valence-corrected chi connectivity index (χ3v) is 5.26. The van der Waals surface area contributed by atoms with Gasteiger partial charge in [-0.05, 0) is 24.8 Å². The summed E-state index contributed by atoms with van der Waals surface area (Å²) in [6, 6.07) is 9.84. The van der Waals surface area contributed by atoms with Crippen LogP contribution in [0.15, 0.2) is 39.9 Å². The smallest absolute Gasteiger partial charge is 0.314 e. The Labute approximate surface area is 151 Å². The summed E-state index contributed by atoms with van der Waals surface area (Å²) in [5, 5.41) is 0. The molecule has 1 saturated carbocycles. The lowest BCUT2D eigenvalue weighted by Crippen LogP contribution is -2.31. The zero-order chi connectivity index (χ0) is 18.1. The topological polar surface area (TPSA) is 72.7 Å². The number of nitrogens with one attached hydrogen (secondary N) is 1. The fourth-order valence-corrected chi connectivity index (χ4v) is 4.06. The summed E-state index contributed by atoms with van der Waals surface area (Å²) in [4.78, 5) is 32.2. The summed E-state index contributed by atoms with van der Waals surface area (Å²) in [5.41, 5.74) is 1.31. The summed E-state index contributed by atoms with van der Waals surface area (Å²) in [7, 11) is 0. The van der Waals surface area contributed by atoms with Crippen molar-refractivity contribution in [3.8, 4) is 0 Å². The van der Waals surface area contributed by atoms with E-state index in [1.54, 1.807) is 4.57 Å². The van der Waals surface area contributed by atoms with Crippen LogP contribution in [0.2, 0.25) is 0 Å². The molecule has 0 atom stereocenters. The minimum absolute atomic E-state index is 0.374. The SMILES string of the molecule is CCCn1c(C2CCCC2)nc2c(=O)[nH]c(=O)n(Cc3ccccc3)c21. The predicted octanol–water partition coefficient (Wildman–Crippen LogP) is 3.00. The van der Waals surface area contributed by atoms with Crippen LogP contribution in [0.1, 0.15) is 56.3 Å². The van der Waals surface area contributed by atoms with E-state index in [1.165, 1.54) is 12.8 Å². The van der Waals surface area contributed by atoms with Gasteiger partial charge in [0.05, 0.1) is 6.54 Å². The van der Waals surface area contributed by atoms with Crippen LogP contribution in [0.3, 0.4) is 0 Å². The number of nitrogens with zero attached hydrogens (tertiary/aromatic N) is 3. The standard InChI is InChI=1S/C20H24N4O2/c1-2-12-23-17(15-10-6-7-11-15)21-16-18(25)22-20(26)24(19(16)23)13-14-8-4-3-5-9-14/h3-5,8-9,15H,2,6-7,10-13H2,1H3,(H,22,25,26). The number of rotatable bonds is 5. The zero-order valence-electron chi connectivity index (χ0n) is 15.1. The minimum Gasteiger partial charge on any atom is -0.314 e. The molecule has 0 unspecified atom stereocenters. The van der Waals surface area contributed by atoms with E-state index in [-0.39, 0.29) is 11.2 Å². The van der Waals surface area contributed by atoms with Gasteiger partial charge in [-0.25, -0.2) is 9.78 Å². The van der Waals surface area contributed by atoms with Crippen LogP contribution >= 0.6 is 0 Å². The zero-order valence-corrected chi connectivity index (χ0v) is 15.1. The van der Waals surface area contributed by atoms with E-state index in [0.717, 1.165) is 37.2 Å². The summed E-state index contributed by atoms with van der Waals surface area (Å²) in [5.74, 6) is 1.35. The van der Waals surface area contributed by atoms with Crippen molar-refractivity contribution in [2.75, 3.05) is 0 Å². The number of hydrogen-bond donors (Lipinski definition) is 1. The molecule has 6 nitrogen and oxygen atoms in total. The molecule has 1 N–H and O–H groups in total. The van der Waals surface area contributed by atoms with Gasteiger partial charge in [0.2, 0.25) is 0 Å². The molecule has 2 aromatic heterocycles. The molecular weight excluding hydrogens is 328 g/mol. The van der Waals surface area contributed by atoms with Crippen molar-refractivity contribution >= 4 is 11.2 Å². The largest absolute Gasteiger partial charge is 0.330 e. The Morgan fingerprint density at radius 3 is 2.54 bits per heavy atom. The van der Waals surface area contributed by atoms with Gasteiger partial charge in [0.1, 0.15) is 5.82 Å². The van der Waals surface area contributed by atoms with Gasteiger partial charge in [0, 0.05) is 12.5 Å². The predicted molar refractivity (Wildman–Crippen MR) is 102 cm³/mol. The molecule has 0 bridgehead atoms. The number of aromatic amines is 1. The van der Waals surface area contributed by atoms with Gasteiger partial charge in [-0.2, -0.15) is 0 Å². The van der Waals surface area contributed by atoms with E-state index in [2.05, 4.69) is 16.5 Å². The van der Waals surface area contributed by atoms with Crippen LogP contribution < -0.4 is 11.2 Å². The summed E-state index contributed by atoms with van der Waals surface area (Å²) in [6.07, 6.45) is 5.54. The minimum atomic E-state index is -0.386. The van der Waals surface area contributed by atoms with E-state index in [9.17, 15) is 9.59 Å². The Kier molecular flexibility index (Phi) is 4.49. The lowest BCUT2D eigenvalue weighted by molar-refractivity contribution is 0.572. The first-order chi connectivity index (χ1) is 12.7. The fourth-order valence-electron chi connectivity index (χ4n) is 4.06. The molecule has 0 amide bonds. The van der Waals surface area contributed by atoms with E-state index < -0.39 is 0 Å². The summed E-state index contributed by atoms with van der Waals surface area (Å²) >= 11 is 0. The Hall–Kier alpha value is -2.63. The van der Waals surface area contributed by atoms with Crippen molar-refractivity contribution in [1.29, 1.82) is 0 Å². The van der Waals surface area contributed by atoms with Crippen molar-refractivity contribution in [1.82, 2.24) is 19.1 Å². The summed E-state index contributed by atoms with van der Waals surface area (Å²) < 4.78 is 3.78. The highest BCUT2D eigenvalue weighted by molar-refractivity contribution is 5.71. The monoisotopic (exact) mass is 352 g/mol. The van der Waals surface area contributed by atoms with E-state index in [4.69, 9.17) is 4.98 Å². The number of H-pyrrole nitrogens is 1. The van der Waals surface area contributed by atoms with Gasteiger partial charge in [-0.1, -0.05) is 50.1 Å². The first-order valence-corrected chi connectivity index (χ1v) is 9.46. The highest BCUT2D eigenvalue weighted by Gasteiger charge is 2.26. The first kappa shape index (κ1) is 16.8. The quantitative estimate of drug-likeness (QED) is 0.767. The molecule has 3 aromatic rings. The Morgan fingerprint density at radius 1 is 1.12 bits per heavy atom. The third kappa shape index (κ3) is 2.89. The van der Waals surface area contributed by atoms with Crippen molar-refractivity contribution in [2.45, 2.75) is 58.0 Å². The molecule has 0 aliphatic heterocycles. The molecule has 0 radical (unpaired) electrons. The molecule has 4 rings (SSSR count). The van der Waals surface area contributed by atoms with Crippen LogP contribution in [0.4, 0.5) is 0 Å². The Balaban J connectivity index is 1.95. The van der Waals surface area contributed by atoms with Gasteiger partial charge < -0.3 is 4.57 Å². The van der Waals surface area contributed by atoms with Crippen molar-refractivity contribution in [3.63, 3.8) is 0 Å². The van der Waals surface area contributed by atoms with Crippen molar-refractivity contribution in [2.24, 2.45) is 0 Å². The second-order valence-electron chi connectivity index (χ2n) is 7.11. The third-order valence-electron chi connectivity index (χ3n) is 5.26. The van der Waals surface area contributed by atoms with Crippen LogP contribution in [0.5, 0.6) is 0 Å². The average Bonchev–Trinajstić information content (AvgIpc) is 3.28. The maximum absolute atomic E-state index is 12.6. The lowest BCUT2D eigenvalue weighted by atomic mass is 10.1. The highest BCUT2D eigenvalue weighted by atomic mass is 16.2. The molecule has 1 fully saturated rings. The van der Waals surface area contributed by atoms with Crippen LogP contribution in [-0.2, 0) is 13.1 Å². The summed E-state index contributed by atoms with van der Waals surface area (Å²) in [6.45, 7) is 3.30. The molecule has 136 valence electrons. The number of fused-ring (bicyclic) bond motifs is 1. The molecule has 6 heteroatoms. The molecule has 2 heterocycles. The normalized spacial score (nSPS) is 15.1. The molecule has 1 aliphatic rings. The number of benzene rings is 1. The van der Waals surface area contributed by atoms with Crippen molar-refractivity contribution in [3.05, 3.63) is 62.6 Å². The van der Waals surface area contributed by atoms with Crippen LogP contribution in [0.25, 0.3) is 11.2 Å². The molecule has 1 aliphatic carbocycles. The van der Waals surface area contributed by atoms with E-state index >= 15 is 0 Å². The highest BCUT2D eigenvalue weighted by Crippen LogP contribution is 2.34. The van der Waals surface area contributed by atoms with Gasteiger partial charge in [0.15, 0.2) is 11.2 Å². The van der Waals surface area contributed by atoms with E-state index in [0.29, 0.717) is 23.6 Å². The average molecular weight is 352 g/mol. The molecular formula is C20H24N4O2. The Bertz CT molecular complexity index is 1020. The number of aromatic nitrogens is 4. The van der Waals surface area contributed by atoms with E-state index in [1.807, 2.05) is 30.3 Å².